The van der Waals surface area contributed by atoms with Crippen LogP contribution in [0, 0.1) is 6.92 Å². The molecule has 3 aromatic rings. The minimum atomic E-state index is 0.796. The Morgan fingerprint density at radius 1 is 1.21 bits per heavy atom. The standard InChI is InChI=1S/C15H16N4/c1-11-15(10-19(2)18-11)17-8-12-3-4-14-9-16-6-5-13(14)7-12/h3-7,9-10,17H,8H2,1-2H3. The van der Waals surface area contributed by atoms with Crippen molar-refractivity contribution in [3.05, 3.63) is 54.1 Å². The number of hydrogen-bond acceptors (Lipinski definition) is 3. The summed E-state index contributed by atoms with van der Waals surface area (Å²) in [4.78, 5) is 4.12. The molecule has 0 aliphatic carbocycles. The monoisotopic (exact) mass is 252 g/mol. The maximum absolute atomic E-state index is 4.32. The fourth-order valence-corrected chi connectivity index (χ4v) is 2.21. The Labute approximate surface area is 112 Å². The van der Waals surface area contributed by atoms with E-state index < -0.39 is 0 Å². The summed E-state index contributed by atoms with van der Waals surface area (Å²) in [5.74, 6) is 0. The van der Waals surface area contributed by atoms with Crippen LogP contribution in [0.5, 0.6) is 0 Å². The molecule has 3 rings (SSSR count). The third-order valence-corrected chi connectivity index (χ3v) is 3.20. The predicted molar refractivity (Wildman–Crippen MR) is 77.0 cm³/mol. The number of anilines is 1. The summed E-state index contributed by atoms with van der Waals surface area (Å²) in [6.45, 7) is 2.80. The van der Waals surface area contributed by atoms with Gasteiger partial charge in [0.15, 0.2) is 0 Å². The zero-order chi connectivity index (χ0) is 13.2. The van der Waals surface area contributed by atoms with Gasteiger partial charge in [-0.2, -0.15) is 5.10 Å². The van der Waals surface area contributed by atoms with E-state index in [1.165, 1.54) is 16.3 Å². The number of pyridine rings is 1. The van der Waals surface area contributed by atoms with Crippen molar-refractivity contribution in [2.24, 2.45) is 7.05 Å². The first kappa shape index (κ1) is 11.7. The maximum atomic E-state index is 4.32. The molecule has 1 N–H and O–H groups in total. The molecule has 0 bridgehead atoms. The minimum absolute atomic E-state index is 0.796. The molecule has 0 unspecified atom stereocenters. The highest BCUT2D eigenvalue weighted by Gasteiger charge is 2.02. The van der Waals surface area contributed by atoms with Crippen molar-refractivity contribution in [3.8, 4) is 0 Å². The lowest BCUT2D eigenvalue weighted by Gasteiger charge is -2.06. The number of aromatic nitrogens is 3. The van der Waals surface area contributed by atoms with Crippen molar-refractivity contribution in [2.45, 2.75) is 13.5 Å². The highest BCUT2D eigenvalue weighted by molar-refractivity contribution is 5.82. The zero-order valence-corrected chi connectivity index (χ0v) is 11.1. The van der Waals surface area contributed by atoms with Gasteiger partial charge in [0.1, 0.15) is 0 Å². The second-order valence-electron chi connectivity index (χ2n) is 4.71. The quantitative estimate of drug-likeness (QED) is 0.779. The molecule has 0 radical (unpaired) electrons. The molecule has 4 nitrogen and oxygen atoms in total. The second-order valence-corrected chi connectivity index (χ2v) is 4.71. The van der Waals surface area contributed by atoms with Crippen LogP contribution in [0.2, 0.25) is 0 Å². The van der Waals surface area contributed by atoms with Crippen LogP contribution < -0.4 is 5.32 Å². The van der Waals surface area contributed by atoms with E-state index in [1.807, 2.05) is 43.3 Å². The predicted octanol–water partition coefficient (Wildman–Crippen LogP) is 2.89. The van der Waals surface area contributed by atoms with Gasteiger partial charge in [0, 0.05) is 37.6 Å². The number of fused-ring (bicyclic) bond motifs is 1. The molecule has 0 fully saturated rings. The van der Waals surface area contributed by atoms with Crippen molar-refractivity contribution in [2.75, 3.05) is 5.32 Å². The van der Waals surface area contributed by atoms with Crippen LogP contribution in [-0.4, -0.2) is 14.8 Å². The van der Waals surface area contributed by atoms with Gasteiger partial charge in [-0.1, -0.05) is 12.1 Å². The molecule has 96 valence electrons. The van der Waals surface area contributed by atoms with Crippen LogP contribution in [0.1, 0.15) is 11.3 Å². The number of benzene rings is 1. The average Bonchev–Trinajstić information content (AvgIpc) is 2.74. The van der Waals surface area contributed by atoms with Crippen molar-refractivity contribution in [3.63, 3.8) is 0 Å². The second kappa shape index (κ2) is 4.72. The third kappa shape index (κ3) is 2.42. The number of rotatable bonds is 3. The molecule has 0 saturated carbocycles. The Bertz CT molecular complexity index is 715. The van der Waals surface area contributed by atoms with Gasteiger partial charge in [-0.3, -0.25) is 9.67 Å². The summed E-state index contributed by atoms with van der Waals surface area (Å²) in [6.07, 6.45) is 5.71. The molecular weight excluding hydrogens is 236 g/mol. The summed E-state index contributed by atoms with van der Waals surface area (Å²) in [5.41, 5.74) is 3.35. The Kier molecular flexibility index (Phi) is 2.91. The molecule has 0 saturated heterocycles. The molecule has 0 aliphatic heterocycles. The Morgan fingerprint density at radius 3 is 2.89 bits per heavy atom. The van der Waals surface area contributed by atoms with Crippen LogP contribution in [0.15, 0.2) is 42.9 Å². The van der Waals surface area contributed by atoms with Gasteiger partial charge in [-0.15, -0.1) is 0 Å². The number of aryl methyl sites for hydroxylation is 2. The average molecular weight is 252 g/mol. The SMILES string of the molecule is Cc1nn(C)cc1NCc1ccc2cnccc2c1. The summed E-state index contributed by atoms with van der Waals surface area (Å²) >= 11 is 0. The Morgan fingerprint density at radius 2 is 2.11 bits per heavy atom. The summed E-state index contributed by atoms with van der Waals surface area (Å²) in [6, 6.07) is 8.46. The van der Waals surface area contributed by atoms with Crippen LogP contribution >= 0.6 is 0 Å². The fraction of sp³-hybridized carbons (Fsp3) is 0.200. The lowest BCUT2D eigenvalue weighted by atomic mass is 10.1. The fourth-order valence-electron chi connectivity index (χ4n) is 2.21. The van der Waals surface area contributed by atoms with E-state index in [0.29, 0.717) is 0 Å². The summed E-state index contributed by atoms with van der Waals surface area (Å²) in [5, 5.41) is 10.1. The summed E-state index contributed by atoms with van der Waals surface area (Å²) < 4.78 is 1.82. The lowest BCUT2D eigenvalue weighted by molar-refractivity contribution is 0.756. The molecule has 19 heavy (non-hydrogen) atoms. The van der Waals surface area contributed by atoms with Gasteiger partial charge in [-0.05, 0) is 30.0 Å². The number of hydrogen-bond donors (Lipinski definition) is 1. The van der Waals surface area contributed by atoms with E-state index in [4.69, 9.17) is 0 Å². The van der Waals surface area contributed by atoms with Gasteiger partial charge in [0.25, 0.3) is 0 Å². The first-order chi connectivity index (χ1) is 9.22. The third-order valence-electron chi connectivity index (χ3n) is 3.20. The van der Waals surface area contributed by atoms with Gasteiger partial charge in [-0.25, -0.2) is 0 Å². The molecule has 0 atom stereocenters. The Balaban J connectivity index is 1.80. The van der Waals surface area contributed by atoms with E-state index in [1.54, 1.807) is 0 Å². The first-order valence-electron chi connectivity index (χ1n) is 6.29. The van der Waals surface area contributed by atoms with Crippen LogP contribution in [0.25, 0.3) is 10.8 Å². The molecule has 0 amide bonds. The minimum Gasteiger partial charge on any atom is -0.378 e. The molecule has 2 aromatic heterocycles. The van der Waals surface area contributed by atoms with Crippen molar-refractivity contribution >= 4 is 16.5 Å². The highest BCUT2D eigenvalue weighted by Crippen LogP contribution is 2.17. The van der Waals surface area contributed by atoms with Crippen LogP contribution in [-0.2, 0) is 13.6 Å². The first-order valence-corrected chi connectivity index (χ1v) is 6.29. The van der Waals surface area contributed by atoms with E-state index >= 15 is 0 Å². The normalized spacial score (nSPS) is 10.8. The molecule has 1 aromatic carbocycles. The lowest BCUT2D eigenvalue weighted by Crippen LogP contribution is -1.99. The van der Waals surface area contributed by atoms with Gasteiger partial charge < -0.3 is 5.32 Å². The largest absolute Gasteiger partial charge is 0.378 e. The van der Waals surface area contributed by atoms with E-state index in [9.17, 15) is 0 Å². The van der Waals surface area contributed by atoms with Crippen molar-refractivity contribution in [1.82, 2.24) is 14.8 Å². The van der Waals surface area contributed by atoms with Gasteiger partial charge >= 0.3 is 0 Å². The number of nitrogens with one attached hydrogen (secondary N) is 1. The van der Waals surface area contributed by atoms with Crippen LogP contribution in [0.3, 0.4) is 0 Å². The molecular formula is C15H16N4. The van der Waals surface area contributed by atoms with Crippen LogP contribution in [0.4, 0.5) is 5.69 Å². The molecule has 0 aliphatic rings. The molecule has 4 heteroatoms. The van der Waals surface area contributed by atoms with Crippen molar-refractivity contribution < 1.29 is 0 Å². The van der Waals surface area contributed by atoms with E-state index in [-0.39, 0.29) is 0 Å². The van der Waals surface area contributed by atoms with E-state index in [2.05, 4.69) is 33.6 Å². The highest BCUT2D eigenvalue weighted by atomic mass is 15.3. The summed E-state index contributed by atoms with van der Waals surface area (Å²) in [7, 11) is 1.93. The van der Waals surface area contributed by atoms with Crippen molar-refractivity contribution in [1.29, 1.82) is 0 Å². The molecule has 0 spiro atoms. The van der Waals surface area contributed by atoms with Gasteiger partial charge in [0.05, 0.1) is 11.4 Å². The van der Waals surface area contributed by atoms with E-state index in [0.717, 1.165) is 17.9 Å². The maximum Gasteiger partial charge on any atom is 0.0825 e. The number of nitrogens with zero attached hydrogens (tertiary/aromatic N) is 3. The zero-order valence-electron chi connectivity index (χ0n) is 11.1. The Hall–Kier alpha value is -2.36. The van der Waals surface area contributed by atoms with Gasteiger partial charge in [0.2, 0.25) is 0 Å². The molecule has 2 heterocycles. The topological polar surface area (TPSA) is 42.7 Å². The smallest absolute Gasteiger partial charge is 0.0825 e.